The molecule has 9 nitrogen and oxygen atoms in total. The van der Waals surface area contributed by atoms with E-state index < -0.39 is 6.03 Å². The number of hydrogen-bond donors (Lipinski definition) is 1. The molecule has 0 saturated carbocycles. The number of likely N-dealkylation sites (tertiary alicyclic amines) is 1. The fourth-order valence-electron chi connectivity index (χ4n) is 3.30. The van der Waals surface area contributed by atoms with Gasteiger partial charge in [-0.1, -0.05) is 19.0 Å². The van der Waals surface area contributed by atoms with Gasteiger partial charge in [0.15, 0.2) is 5.82 Å². The molecule has 0 aromatic carbocycles. The Bertz CT molecular complexity index is 670. The fraction of sp³-hybridized carbons (Fsp3) is 0.706. The summed E-state index contributed by atoms with van der Waals surface area (Å²) in [5.74, 6) is 1.14. The minimum atomic E-state index is -0.501. The van der Waals surface area contributed by atoms with Crippen LogP contribution in [0.2, 0.25) is 0 Å². The molecule has 142 valence electrons. The van der Waals surface area contributed by atoms with Gasteiger partial charge in [-0.15, -0.1) is 0 Å². The highest BCUT2D eigenvalue weighted by molar-refractivity contribution is 6.00. The van der Waals surface area contributed by atoms with Gasteiger partial charge in [-0.3, -0.25) is 14.5 Å². The quantitative estimate of drug-likeness (QED) is 0.833. The van der Waals surface area contributed by atoms with Crippen LogP contribution in [-0.4, -0.2) is 64.0 Å². The van der Waals surface area contributed by atoms with Crippen molar-refractivity contribution in [1.29, 1.82) is 0 Å². The zero-order chi connectivity index (χ0) is 18.7. The minimum Gasteiger partial charge on any atom is -0.340 e. The van der Waals surface area contributed by atoms with E-state index in [0.717, 1.165) is 24.2 Å². The average molecular weight is 363 g/mol. The Kier molecular flexibility index (Phi) is 5.53. The van der Waals surface area contributed by atoms with Gasteiger partial charge >= 0.3 is 6.03 Å². The van der Waals surface area contributed by atoms with Crippen LogP contribution in [0.4, 0.5) is 4.79 Å². The number of nitrogens with one attached hydrogen (secondary N) is 1. The monoisotopic (exact) mass is 363 g/mol. The number of piperidine rings is 1. The van der Waals surface area contributed by atoms with Crippen molar-refractivity contribution in [2.45, 2.75) is 45.4 Å². The summed E-state index contributed by atoms with van der Waals surface area (Å²) >= 11 is 0. The third-order valence-electron chi connectivity index (χ3n) is 4.65. The van der Waals surface area contributed by atoms with Crippen LogP contribution in [-0.2, 0) is 16.0 Å². The predicted molar refractivity (Wildman–Crippen MR) is 91.1 cm³/mol. The van der Waals surface area contributed by atoms with E-state index in [1.54, 1.807) is 4.90 Å². The van der Waals surface area contributed by atoms with Crippen molar-refractivity contribution in [1.82, 2.24) is 25.3 Å². The number of urea groups is 1. The van der Waals surface area contributed by atoms with E-state index in [9.17, 15) is 14.4 Å². The van der Waals surface area contributed by atoms with E-state index in [4.69, 9.17) is 4.52 Å². The SMILES string of the molecule is CC(C)Cc1noc([C@H]2CCCN(C(=O)CN3C(=O)CCNC3=O)C2)n1. The van der Waals surface area contributed by atoms with Crippen molar-refractivity contribution in [2.24, 2.45) is 5.92 Å². The van der Waals surface area contributed by atoms with Gasteiger partial charge in [0.25, 0.3) is 0 Å². The van der Waals surface area contributed by atoms with Gasteiger partial charge in [0.05, 0.1) is 5.92 Å². The number of nitrogens with zero attached hydrogens (tertiary/aromatic N) is 4. The maximum Gasteiger partial charge on any atom is 0.324 e. The minimum absolute atomic E-state index is 0.00741. The molecule has 3 rings (SSSR count). The maximum atomic E-state index is 12.6. The standard InChI is InChI=1S/C17H25N5O4/c1-11(2)8-13-19-16(26-20-13)12-4-3-7-21(9-12)15(24)10-22-14(23)5-6-18-17(22)25/h11-12H,3-10H2,1-2H3,(H,18,25)/t12-/m0/s1. The smallest absolute Gasteiger partial charge is 0.324 e. The summed E-state index contributed by atoms with van der Waals surface area (Å²) in [5.41, 5.74) is 0. The summed E-state index contributed by atoms with van der Waals surface area (Å²) in [6.45, 7) is 5.35. The van der Waals surface area contributed by atoms with E-state index in [-0.39, 0.29) is 30.7 Å². The summed E-state index contributed by atoms with van der Waals surface area (Å²) in [4.78, 5) is 43.3. The average Bonchev–Trinajstić information content (AvgIpc) is 3.06. The van der Waals surface area contributed by atoms with Gasteiger partial charge in [0.2, 0.25) is 17.7 Å². The van der Waals surface area contributed by atoms with Crippen molar-refractivity contribution in [3.8, 4) is 0 Å². The number of rotatable bonds is 5. The molecule has 0 aliphatic carbocycles. The van der Waals surface area contributed by atoms with Crippen molar-refractivity contribution < 1.29 is 18.9 Å². The number of hydrogen-bond acceptors (Lipinski definition) is 6. The highest BCUT2D eigenvalue weighted by atomic mass is 16.5. The summed E-state index contributed by atoms with van der Waals surface area (Å²) in [6, 6.07) is -0.501. The van der Waals surface area contributed by atoms with Gasteiger partial charge in [-0.05, 0) is 18.8 Å². The Morgan fingerprint density at radius 1 is 1.38 bits per heavy atom. The van der Waals surface area contributed by atoms with Gasteiger partial charge in [-0.25, -0.2) is 4.79 Å². The van der Waals surface area contributed by atoms with Crippen LogP contribution < -0.4 is 5.32 Å². The molecule has 0 unspecified atom stereocenters. The Balaban J connectivity index is 1.60. The Hall–Kier alpha value is -2.45. The first-order valence-corrected chi connectivity index (χ1v) is 9.12. The summed E-state index contributed by atoms with van der Waals surface area (Å²) in [5, 5.41) is 6.61. The second-order valence-corrected chi connectivity index (χ2v) is 7.29. The zero-order valence-corrected chi connectivity index (χ0v) is 15.2. The predicted octanol–water partition coefficient (Wildman–Crippen LogP) is 0.916. The molecule has 2 aliphatic heterocycles. The number of amides is 4. The Morgan fingerprint density at radius 3 is 2.92 bits per heavy atom. The van der Waals surface area contributed by atoms with Gasteiger partial charge in [0.1, 0.15) is 6.54 Å². The van der Waals surface area contributed by atoms with Crippen LogP contribution in [0.15, 0.2) is 4.52 Å². The first kappa shape index (κ1) is 18.3. The number of imide groups is 1. The molecule has 2 saturated heterocycles. The van der Waals surface area contributed by atoms with Crippen LogP contribution in [0, 0.1) is 5.92 Å². The second-order valence-electron chi connectivity index (χ2n) is 7.29. The number of aromatic nitrogens is 2. The lowest BCUT2D eigenvalue weighted by Gasteiger charge is -2.33. The molecule has 2 aliphatic rings. The van der Waals surface area contributed by atoms with Crippen molar-refractivity contribution in [3.63, 3.8) is 0 Å². The van der Waals surface area contributed by atoms with E-state index >= 15 is 0 Å². The second kappa shape index (κ2) is 7.84. The largest absolute Gasteiger partial charge is 0.340 e. The molecule has 1 aromatic rings. The zero-order valence-electron chi connectivity index (χ0n) is 15.2. The first-order valence-electron chi connectivity index (χ1n) is 9.12. The van der Waals surface area contributed by atoms with Crippen molar-refractivity contribution >= 4 is 17.8 Å². The molecule has 9 heteroatoms. The lowest BCUT2D eigenvalue weighted by molar-refractivity contribution is -0.139. The van der Waals surface area contributed by atoms with Crippen LogP contribution in [0.3, 0.4) is 0 Å². The number of carbonyl (C=O) groups is 3. The summed E-state index contributed by atoms with van der Waals surface area (Å²) < 4.78 is 5.39. The molecule has 1 N–H and O–H groups in total. The van der Waals surface area contributed by atoms with Crippen LogP contribution in [0.5, 0.6) is 0 Å². The molecule has 0 bridgehead atoms. The van der Waals surface area contributed by atoms with E-state index in [1.807, 2.05) is 0 Å². The van der Waals surface area contributed by atoms with Crippen molar-refractivity contribution in [3.05, 3.63) is 11.7 Å². The fourth-order valence-corrected chi connectivity index (χ4v) is 3.30. The number of carbonyl (C=O) groups excluding carboxylic acids is 3. The Labute approximate surface area is 152 Å². The van der Waals surface area contributed by atoms with Crippen LogP contribution in [0.25, 0.3) is 0 Å². The Morgan fingerprint density at radius 2 is 2.19 bits per heavy atom. The van der Waals surface area contributed by atoms with Gasteiger partial charge in [0, 0.05) is 32.5 Å². The molecular weight excluding hydrogens is 338 g/mol. The first-order chi connectivity index (χ1) is 12.4. The van der Waals surface area contributed by atoms with E-state index in [0.29, 0.717) is 37.3 Å². The lowest BCUT2D eigenvalue weighted by Crippen LogP contribution is -2.54. The molecule has 1 aromatic heterocycles. The van der Waals surface area contributed by atoms with Crippen molar-refractivity contribution in [2.75, 3.05) is 26.2 Å². The topological polar surface area (TPSA) is 109 Å². The summed E-state index contributed by atoms with van der Waals surface area (Å²) in [7, 11) is 0. The molecule has 1 atom stereocenters. The third kappa shape index (κ3) is 4.20. The highest BCUT2D eigenvalue weighted by Crippen LogP contribution is 2.26. The molecule has 26 heavy (non-hydrogen) atoms. The lowest BCUT2D eigenvalue weighted by atomic mass is 9.98. The van der Waals surface area contributed by atoms with E-state index in [1.165, 1.54) is 0 Å². The normalized spacial score (nSPS) is 21.3. The molecule has 4 amide bonds. The maximum absolute atomic E-state index is 12.6. The van der Waals surface area contributed by atoms with Gasteiger partial charge < -0.3 is 14.7 Å². The van der Waals surface area contributed by atoms with Gasteiger partial charge in [-0.2, -0.15) is 4.98 Å². The highest BCUT2D eigenvalue weighted by Gasteiger charge is 2.32. The molecule has 0 radical (unpaired) electrons. The molecule has 3 heterocycles. The molecular formula is C17H25N5O4. The van der Waals surface area contributed by atoms with Crippen LogP contribution in [0.1, 0.15) is 50.7 Å². The van der Waals surface area contributed by atoms with E-state index in [2.05, 4.69) is 29.3 Å². The van der Waals surface area contributed by atoms with Crippen LogP contribution >= 0.6 is 0 Å². The third-order valence-corrected chi connectivity index (χ3v) is 4.65. The molecule has 2 fully saturated rings. The summed E-state index contributed by atoms with van der Waals surface area (Å²) in [6.07, 6.45) is 2.67. The molecule has 0 spiro atoms.